The quantitative estimate of drug-likeness (QED) is 0.916. The van der Waals surface area contributed by atoms with Gasteiger partial charge in [-0.1, -0.05) is 12.1 Å². The molecule has 1 heterocycles. The average molecular weight is 292 g/mol. The van der Waals surface area contributed by atoms with E-state index in [1.165, 1.54) is 0 Å². The van der Waals surface area contributed by atoms with E-state index >= 15 is 0 Å². The van der Waals surface area contributed by atoms with Crippen molar-refractivity contribution in [2.75, 3.05) is 26.3 Å². The Hall–Kier alpha value is -1.59. The highest BCUT2D eigenvalue weighted by Crippen LogP contribution is 2.26. The summed E-state index contributed by atoms with van der Waals surface area (Å²) in [5, 5.41) is 0. The van der Waals surface area contributed by atoms with Gasteiger partial charge in [0.1, 0.15) is 5.75 Å². The monoisotopic (exact) mass is 292 g/mol. The Bertz CT molecular complexity index is 496. The number of carbonyl (C=O) groups is 1. The van der Waals surface area contributed by atoms with Gasteiger partial charge < -0.3 is 20.1 Å². The van der Waals surface area contributed by atoms with Crippen LogP contribution in [0, 0.1) is 6.92 Å². The van der Waals surface area contributed by atoms with E-state index in [2.05, 4.69) is 0 Å². The van der Waals surface area contributed by atoms with Gasteiger partial charge in [-0.05, 0) is 32.4 Å². The number of aryl methyl sites for hydroxylation is 1. The van der Waals surface area contributed by atoms with Gasteiger partial charge in [0, 0.05) is 24.7 Å². The minimum atomic E-state index is -0.526. The maximum atomic E-state index is 12.4. The van der Waals surface area contributed by atoms with Gasteiger partial charge in [0.2, 0.25) is 0 Å². The molecule has 1 aliphatic heterocycles. The molecule has 0 aliphatic carbocycles. The number of hydrogen-bond acceptors (Lipinski definition) is 4. The standard InChI is InChI=1S/C16H24N2O3/c1-11-4-5-14(12(2)17)15(10-11)21-13(3)16(19)18-6-8-20-9-7-18/h4-5,10,12-13H,6-9,17H2,1-3H3/t12-,13?/m1/s1. The Labute approximate surface area is 126 Å². The van der Waals surface area contributed by atoms with E-state index in [0.29, 0.717) is 32.1 Å². The van der Waals surface area contributed by atoms with Crippen LogP contribution in [-0.4, -0.2) is 43.2 Å². The van der Waals surface area contributed by atoms with Gasteiger partial charge in [0.15, 0.2) is 6.10 Å². The number of hydrogen-bond donors (Lipinski definition) is 1. The number of nitrogens with zero attached hydrogens (tertiary/aromatic N) is 1. The molecule has 1 saturated heterocycles. The molecule has 0 radical (unpaired) electrons. The molecule has 2 atom stereocenters. The molecular formula is C16H24N2O3. The lowest BCUT2D eigenvalue weighted by atomic mass is 10.1. The number of amides is 1. The molecule has 1 aromatic carbocycles. The second kappa shape index (κ2) is 6.91. The van der Waals surface area contributed by atoms with Crippen LogP contribution in [0.2, 0.25) is 0 Å². The zero-order chi connectivity index (χ0) is 15.4. The van der Waals surface area contributed by atoms with Gasteiger partial charge in [0.05, 0.1) is 13.2 Å². The summed E-state index contributed by atoms with van der Waals surface area (Å²) in [4.78, 5) is 14.2. The minimum Gasteiger partial charge on any atom is -0.481 e. The molecule has 5 heteroatoms. The Balaban J connectivity index is 2.09. The average Bonchev–Trinajstić information content (AvgIpc) is 2.47. The van der Waals surface area contributed by atoms with E-state index < -0.39 is 6.10 Å². The molecular weight excluding hydrogens is 268 g/mol. The van der Waals surface area contributed by atoms with Crippen molar-refractivity contribution in [2.45, 2.75) is 32.9 Å². The van der Waals surface area contributed by atoms with Crippen molar-refractivity contribution in [2.24, 2.45) is 5.73 Å². The lowest BCUT2D eigenvalue weighted by Gasteiger charge is -2.29. The topological polar surface area (TPSA) is 64.8 Å². The van der Waals surface area contributed by atoms with Crippen LogP contribution in [0.25, 0.3) is 0 Å². The lowest BCUT2D eigenvalue weighted by Crippen LogP contribution is -2.46. The second-order valence-electron chi connectivity index (χ2n) is 5.53. The third kappa shape index (κ3) is 3.95. The fourth-order valence-electron chi connectivity index (χ4n) is 2.40. The molecule has 1 amide bonds. The second-order valence-corrected chi connectivity index (χ2v) is 5.53. The van der Waals surface area contributed by atoms with Crippen LogP contribution >= 0.6 is 0 Å². The summed E-state index contributed by atoms with van der Waals surface area (Å²) in [7, 11) is 0. The molecule has 1 fully saturated rings. The number of benzene rings is 1. The summed E-state index contributed by atoms with van der Waals surface area (Å²) in [6.07, 6.45) is -0.526. The zero-order valence-electron chi connectivity index (χ0n) is 13.0. The van der Waals surface area contributed by atoms with Crippen molar-refractivity contribution >= 4 is 5.91 Å². The molecule has 1 aliphatic rings. The van der Waals surface area contributed by atoms with Gasteiger partial charge >= 0.3 is 0 Å². The summed E-state index contributed by atoms with van der Waals surface area (Å²) in [6, 6.07) is 5.76. The summed E-state index contributed by atoms with van der Waals surface area (Å²) < 4.78 is 11.2. The summed E-state index contributed by atoms with van der Waals surface area (Å²) in [5.41, 5.74) is 7.97. The highest BCUT2D eigenvalue weighted by molar-refractivity contribution is 5.81. The maximum Gasteiger partial charge on any atom is 0.263 e. The third-order valence-corrected chi connectivity index (χ3v) is 3.63. The van der Waals surface area contributed by atoms with E-state index in [-0.39, 0.29) is 11.9 Å². The molecule has 2 N–H and O–H groups in total. The molecule has 1 aromatic rings. The minimum absolute atomic E-state index is 0.00423. The van der Waals surface area contributed by atoms with Crippen molar-refractivity contribution in [1.29, 1.82) is 0 Å². The first-order valence-electron chi connectivity index (χ1n) is 7.38. The largest absolute Gasteiger partial charge is 0.481 e. The highest BCUT2D eigenvalue weighted by atomic mass is 16.5. The number of rotatable bonds is 4. The Morgan fingerprint density at radius 2 is 2.00 bits per heavy atom. The molecule has 0 saturated carbocycles. The first kappa shape index (κ1) is 15.8. The predicted molar refractivity (Wildman–Crippen MR) is 81.3 cm³/mol. The van der Waals surface area contributed by atoms with Gasteiger partial charge in [-0.15, -0.1) is 0 Å². The fourth-order valence-corrected chi connectivity index (χ4v) is 2.40. The van der Waals surface area contributed by atoms with E-state index in [1.807, 2.05) is 32.0 Å². The number of carbonyl (C=O) groups excluding carboxylic acids is 1. The number of nitrogens with two attached hydrogens (primary N) is 1. The van der Waals surface area contributed by atoms with Crippen molar-refractivity contribution in [3.05, 3.63) is 29.3 Å². The van der Waals surface area contributed by atoms with Crippen LogP contribution in [-0.2, 0) is 9.53 Å². The van der Waals surface area contributed by atoms with Gasteiger partial charge in [-0.2, -0.15) is 0 Å². The smallest absolute Gasteiger partial charge is 0.263 e. The SMILES string of the molecule is Cc1ccc([C@@H](C)N)c(OC(C)C(=O)N2CCOCC2)c1. The summed E-state index contributed by atoms with van der Waals surface area (Å²) >= 11 is 0. The van der Waals surface area contributed by atoms with Crippen molar-refractivity contribution < 1.29 is 14.3 Å². The molecule has 0 spiro atoms. The maximum absolute atomic E-state index is 12.4. The first-order chi connectivity index (χ1) is 9.99. The van der Waals surface area contributed by atoms with Crippen molar-refractivity contribution in [3.8, 4) is 5.75 Å². The van der Waals surface area contributed by atoms with E-state index in [9.17, 15) is 4.79 Å². The molecule has 0 aromatic heterocycles. The van der Waals surface area contributed by atoms with Crippen LogP contribution < -0.4 is 10.5 Å². The van der Waals surface area contributed by atoms with Crippen molar-refractivity contribution in [3.63, 3.8) is 0 Å². The number of ether oxygens (including phenoxy) is 2. The molecule has 5 nitrogen and oxygen atoms in total. The van der Waals surface area contributed by atoms with E-state index in [0.717, 1.165) is 11.1 Å². The Morgan fingerprint density at radius 1 is 1.33 bits per heavy atom. The van der Waals surface area contributed by atoms with Crippen LogP contribution in [0.4, 0.5) is 0 Å². The Kier molecular flexibility index (Phi) is 5.20. The van der Waals surface area contributed by atoms with E-state index in [1.54, 1.807) is 11.8 Å². The van der Waals surface area contributed by atoms with Gasteiger partial charge in [0.25, 0.3) is 5.91 Å². The lowest BCUT2D eigenvalue weighted by molar-refractivity contribution is -0.142. The number of morpholine rings is 1. The van der Waals surface area contributed by atoms with Gasteiger partial charge in [-0.25, -0.2) is 0 Å². The van der Waals surface area contributed by atoms with E-state index in [4.69, 9.17) is 15.2 Å². The molecule has 116 valence electrons. The molecule has 21 heavy (non-hydrogen) atoms. The van der Waals surface area contributed by atoms with Crippen LogP contribution in [0.3, 0.4) is 0 Å². The molecule has 1 unspecified atom stereocenters. The normalized spacial score (nSPS) is 18.2. The fraction of sp³-hybridized carbons (Fsp3) is 0.562. The van der Waals surface area contributed by atoms with Gasteiger partial charge in [-0.3, -0.25) is 4.79 Å². The van der Waals surface area contributed by atoms with Crippen LogP contribution in [0.5, 0.6) is 5.75 Å². The molecule has 2 rings (SSSR count). The van der Waals surface area contributed by atoms with Crippen LogP contribution in [0.1, 0.15) is 31.0 Å². The zero-order valence-corrected chi connectivity index (χ0v) is 13.0. The third-order valence-electron chi connectivity index (χ3n) is 3.63. The predicted octanol–water partition coefficient (Wildman–Crippen LogP) is 1.64. The first-order valence-corrected chi connectivity index (χ1v) is 7.38. The summed E-state index contributed by atoms with van der Waals surface area (Å²) in [6.45, 7) is 8.12. The van der Waals surface area contributed by atoms with Crippen molar-refractivity contribution in [1.82, 2.24) is 4.90 Å². The van der Waals surface area contributed by atoms with Crippen LogP contribution in [0.15, 0.2) is 18.2 Å². The highest BCUT2D eigenvalue weighted by Gasteiger charge is 2.24. The molecule has 0 bridgehead atoms. The summed E-state index contributed by atoms with van der Waals surface area (Å²) in [5.74, 6) is 0.689. The Morgan fingerprint density at radius 3 is 2.62 bits per heavy atom.